The number of rotatable bonds is 10. The lowest BCUT2D eigenvalue weighted by Crippen LogP contribution is -2.37. The number of hydrogen-bond acceptors (Lipinski definition) is 6. The van der Waals surface area contributed by atoms with Gasteiger partial charge in [0, 0.05) is 19.6 Å². The van der Waals surface area contributed by atoms with Crippen LogP contribution in [-0.4, -0.2) is 67.1 Å². The fraction of sp³-hybridized carbons (Fsp3) is 0.273. The number of benzene rings is 5. The van der Waals surface area contributed by atoms with E-state index in [0.29, 0.717) is 36.6 Å². The number of β-amino-alcohol motifs (C(OH)–C–C–N with tert-alkyl or cyclic N) is 1. The first-order chi connectivity index (χ1) is 25.3. The number of nitrogens with one attached hydrogen (secondary N) is 1. The van der Waals surface area contributed by atoms with Crippen LogP contribution in [0, 0.1) is 6.92 Å². The zero-order valence-corrected chi connectivity index (χ0v) is 30.9. The summed E-state index contributed by atoms with van der Waals surface area (Å²) in [4.78, 5) is 30.3. The first-order valence-corrected chi connectivity index (χ1v) is 17.9. The van der Waals surface area contributed by atoms with Gasteiger partial charge in [-0.3, -0.25) is 9.59 Å². The number of aliphatic hydroxyl groups is 1. The molecule has 2 amide bonds. The lowest BCUT2D eigenvalue weighted by Gasteiger charge is -2.27. The van der Waals surface area contributed by atoms with Crippen LogP contribution in [0.2, 0.25) is 0 Å². The highest BCUT2D eigenvalue weighted by atomic mass is 16.5. The standard InChI is InChI=1S/C26H26N2O4.C16H19NO.C2H6/c29-17-16-28-15-8-18-32-24-21(26(28)31)13-7-14-22(24)27-25(30)23(19-9-3-1-4-10-19)20-11-5-2-6-12-20;1-13-6-4-5-7-16(13)18-15-10-8-14(9-11-15)12-17(2)3;1-2/h1-7,9-14,23,29H,8,15-18H2,(H,27,30);4-11H,12H2,1-3H3;1-2H3. The number of amides is 2. The lowest BCUT2D eigenvalue weighted by molar-refractivity contribution is -0.116. The minimum Gasteiger partial charge on any atom is -0.490 e. The number of carbonyl (C=O) groups excluding carboxylic acids is 2. The zero-order chi connectivity index (χ0) is 37.3. The number of carbonyl (C=O) groups is 2. The van der Waals surface area contributed by atoms with E-state index in [2.05, 4.69) is 49.4 Å². The minimum absolute atomic E-state index is 0.103. The second-order valence-electron chi connectivity index (χ2n) is 12.4. The van der Waals surface area contributed by atoms with Gasteiger partial charge in [0.2, 0.25) is 5.91 Å². The third-order valence-electron chi connectivity index (χ3n) is 8.25. The quantitative estimate of drug-likeness (QED) is 0.152. The highest BCUT2D eigenvalue weighted by Gasteiger charge is 2.27. The van der Waals surface area contributed by atoms with Crippen molar-refractivity contribution in [3.8, 4) is 17.2 Å². The molecule has 6 rings (SSSR count). The van der Waals surface area contributed by atoms with Crippen molar-refractivity contribution in [2.24, 2.45) is 0 Å². The molecule has 0 radical (unpaired) electrons. The molecule has 0 spiro atoms. The number of ether oxygens (including phenoxy) is 2. The summed E-state index contributed by atoms with van der Waals surface area (Å²) in [6, 6.07) is 40.7. The van der Waals surface area contributed by atoms with Gasteiger partial charge < -0.3 is 29.7 Å². The van der Waals surface area contributed by atoms with Gasteiger partial charge in [0.25, 0.3) is 5.91 Å². The Kier molecular flexibility index (Phi) is 15.5. The van der Waals surface area contributed by atoms with E-state index in [4.69, 9.17) is 9.47 Å². The van der Waals surface area contributed by atoms with Crippen molar-refractivity contribution in [1.82, 2.24) is 9.80 Å². The molecule has 2 N–H and O–H groups in total. The van der Waals surface area contributed by atoms with Crippen LogP contribution in [0.15, 0.2) is 127 Å². The summed E-state index contributed by atoms with van der Waals surface area (Å²) in [6.07, 6.45) is 0.643. The summed E-state index contributed by atoms with van der Waals surface area (Å²) in [5, 5.41) is 12.3. The molecule has 1 heterocycles. The zero-order valence-electron chi connectivity index (χ0n) is 30.9. The van der Waals surface area contributed by atoms with Crippen molar-refractivity contribution >= 4 is 17.5 Å². The Hall–Kier alpha value is -5.44. The smallest absolute Gasteiger partial charge is 0.257 e. The number of anilines is 1. The first-order valence-electron chi connectivity index (χ1n) is 17.9. The van der Waals surface area contributed by atoms with E-state index >= 15 is 0 Å². The molecule has 0 saturated carbocycles. The van der Waals surface area contributed by atoms with E-state index in [1.165, 1.54) is 5.56 Å². The van der Waals surface area contributed by atoms with Crippen LogP contribution in [0.1, 0.15) is 58.8 Å². The molecule has 0 aromatic heterocycles. The van der Waals surface area contributed by atoms with Gasteiger partial charge in [-0.05, 0) is 80.0 Å². The summed E-state index contributed by atoms with van der Waals surface area (Å²) < 4.78 is 11.8. The Bertz CT molecular complexity index is 1790. The Labute approximate surface area is 308 Å². The average Bonchev–Trinajstić information content (AvgIpc) is 3.16. The predicted octanol–water partition coefficient (Wildman–Crippen LogP) is 8.55. The Morgan fingerprint density at radius 1 is 0.846 bits per heavy atom. The van der Waals surface area contributed by atoms with Crippen molar-refractivity contribution in [1.29, 1.82) is 0 Å². The van der Waals surface area contributed by atoms with E-state index in [9.17, 15) is 14.7 Å². The SMILES string of the molecule is CC.Cc1ccccc1Oc1ccc(CN(C)C)cc1.O=C(Nc1cccc2c1OCCCN(CCO)C2=O)C(c1ccccc1)c1ccccc1. The molecule has 0 bridgehead atoms. The number of hydrogen-bond donors (Lipinski definition) is 2. The number of aryl methyl sites for hydroxylation is 1. The minimum atomic E-state index is -0.511. The summed E-state index contributed by atoms with van der Waals surface area (Å²) in [5.41, 5.74) is 5.03. The summed E-state index contributed by atoms with van der Waals surface area (Å²) in [6.45, 7) is 8.09. The van der Waals surface area contributed by atoms with Crippen LogP contribution in [0.5, 0.6) is 17.2 Å². The molecule has 0 unspecified atom stereocenters. The monoisotopic (exact) mass is 701 g/mol. The maximum atomic E-state index is 13.5. The molecule has 0 atom stereocenters. The molecule has 0 fully saturated rings. The largest absolute Gasteiger partial charge is 0.490 e. The number of nitrogens with zero attached hydrogens (tertiary/aromatic N) is 2. The highest BCUT2D eigenvalue weighted by Crippen LogP contribution is 2.34. The fourth-order valence-electron chi connectivity index (χ4n) is 5.81. The van der Waals surface area contributed by atoms with Crippen molar-refractivity contribution < 1.29 is 24.2 Å². The second-order valence-corrected chi connectivity index (χ2v) is 12.4. The molecule has 0 aliphatic carbocycles. The van der Waals surface area contributed by atoms with Gasteiger partial charge in [-0.15, -0.1) is 0 Å². The average molecular weight is 702 g/mol. The molecular formula is C44H51N3O5. The Balaban J connectivity index is 0.000000256. The second kappa shape index (κ2) is 20.4. The number of fused-ring (bicyclic) bond motifs is 1. The number of aliphatic hydroxyl groups excluding tert-OH is 1. The van der Waals surface area contributed by atoms with E-state index in [1.807, 2.05) is 105 Å². The van der Waals surface area contributed by atoms with Gasteiger partial charge in [-0.1, -0.05) is 111 Å². The summed E-state index contributed by atoms with van der Waals surface area (Å²) in [7, 11) is 4.13. The van der Waals surface area contributed by atoms with E-state index < -0.39 is 5.92 Å². The Morgan fingerprint density at radius 2 is 1.46 bits per heavy atom. The lowest BCUT2D eigenvalue weighted by atomic mass is 9.90. The summed E-state index contributed by atoms with van der Waals surface area (Å²) >= 11 is 0. The predicted molar refractivity (Wildman–Crippen MR) is 209 cm³/mol. The van der Waals surface area contributed by atoms with Crippen LogP contribution < -0.4 is 14.8 Å². The molecule has 52 heavy (non-hydrogen) atoms. The van der Waals surface area contributed by atoms with Crippen molar-refractivity contribution in [2.45, 2.75) is 39.7 Å². The molecule has 8 nitrogen and oxygen atoms in total. The highest BCUT2D eigenvalue weighted by molar-refractivity contribution is 6.03. The van der Waals surface area contributed by atoms with Gasteiger partial charge >= 0.3 is 0 Å². The van der Waals surface area contributed by atoms with Crippen LogP contribution in [0.3, 0.4) is 0 Å². The fourth-order valence-corrected chi connectivity index (χ4v) is 5.81. The van der Waals surface area contributed by atoms with Crippen molar-refractivity contribution in [3.63, 3.8) is 0 Å². The van der Waals surface area contributed by atoms with Crippen LogP contribution in [0.4, 0.5) is 5.69 Å². The van der Waals surface area contributed by atoms with Gasteiger partial charge in [0.05, 0.1) is 30.4 Å². The molecule has 5 aromatic carbocycles. The van der Waals surface area contributed by atoms with Gasteiger partial charge in [0.15, 0.2) is 5.75 Å². The molecule has 1 aliphatic heterocycles. The molecular weight excluding hydrogens is 650 g/mol. The molecule has 8 heteroatoms. The molecule has 0 saturated heterocycles. The molecule has 1 aliphatic rings. The van der Waals surface area contributed by atoms with E-state index in [-0.39, 0.29) is 25.0 Å². The topological polar surface area (TPSA) is 91.3 Å². The normalized spacial score (nSPS) is 12.2. The van der Waals surface area contributed by atoms with Crippen LogP contribution in [-0.2, 0) is 11.3 Å². The third-order valence-corrected chi connectivity index (χ3v) is 8.25. The number of para-hydroxylation sites is 2. The van der Waals surface area contributed by atoms with Crippen molar-refractivity contribution in [3.05, 3.63) is 155 Å². The van der Waals surface area contributed by atoms with Crippen LogP contribution in [0.25, 0.3) is 0 Å². The van der Waals surface area contributed by atoms with Crippen molar-refractivity contribution in [2.75, 3.05) is 45.7 Å². The van der Waals surface area contributed by atoms with E-state index in [1.54, 1.807) is 23.1 Å². The van der Waals surface area contributed by atoms with Crippen LogP contribution >= 0.6 is 0 Å². The summed E-state index contributed by atoms with van der Waals surface area (Å²) in [5.74, 6) is 1.23. The maximum Gasteiger partial charge on any atom is 0.257 e. The molecule has 272 valence electrons. The first kappa shape index (κ1) is 39.3. The maximum absolute atomic E-state index is 13.5. The Morgan fingerprint density at radius 3 is 2.06 bits per heavy atom. The van der Waals surface area contributed by atoms with Gasteiger partial charge in [-0.25, -0.2) is 0 Å². The molecule has 5 aromatic rings. The van der Waals surface area contributed by atoms with E-state index in [0.717, 1.165) is 34.7 Å². The van der Waals surface area contributed by atoms with Gasteiger partial charge in [0.1, 0.15) is 11.5 Å². The van der Waals surface area contributed by atoms with Gasteiger partial charge in [-0.2, -0.15) is 0 Å². The third kappa shape index (κ3) is 11.0.